The third kappa shape index (κ3) is 2.21. The molecule has 1 atom stereocenters. The Balaban J connectivity index is 2.29. The summed E-state index contributed by atoms with van der Waals surface area (Å²) in [7, 11) is 0. The molecule has 84 valence electrons. The van der Waals surface area contributed by atoms with Gasteiger partial charge in [-0.3, -0.25) is 0 Å². The Kier molecular flexibility index (Phi) is 3.19. The van der Waals surface area contributed by atoms with Crippen molar-refractivity contribution in [1.29, 1.82) is 5.26 Å². The SMILES string of the molecule is N#CC(c1cc(F)cc(F)c1)C1CCCC1. The molecule has 0 aliphatic heterocycles. The molecule has 16 heavy (non-hydrogen) atoms. The zero-order chi connectivity index (χ0) is 11.5. The first-order valence-electron chi connectivity index (χ1n) is 5.56. The molecule has 3 heteroatoms. The lowest BCUT2D eigenvalue weighted by Crippen LogP contribution is -2.08. The van der Waals surface area contributed by atoms with Gasteiger partial charge in [0.2, 0.25) is 0 Å². The van der Waals surface area contributed by atoms with Crippen LogP contribution in [0.3, 0.4) is 0 Å². The van der Waals surface area contributed by atoms with Gasteiger partial charge in [-0.2, -0.15) is 5.26 Å². The maximum absolute atomic E-state index is 13.1. The van der Waals surface area contributed by atoms with E-state index < -0.39 is 11.6 Å². The van der Waals surface area contributed by atoms with Crippen LogP contribution >= 0.6 is 0 Å². The molecule has 1 unspecified atom stereocenters. The fourth-order valence-corrected chi connectivity index (χ4v) is 2.50. The molecule has 1 aliphatic carbocycles. The van der Waals surface area contributed by atoms with Crippen molar-refractivity contribution in [2.24, 2.45) is 5.92 Å². The molecular weight excluding hydrogens is 208 g/mol. The van der Waals surface area contributed by atoms with Crippen LogP contribution in [0.15, 0.2) is 18.2 Å². The van der Waals surface area contributed by atoms with Gasteiger partial charge in [-0.1, -0.05) is 12.8 Å². The smallest absolute Gasteiger partial charge is 0.126 e. The zero-order valence-electron chi connectivity index (χ0n) is 8.92. The van der Waals surface area contributed by atoms with E-state index in [0.29, 0.717) is 5.56 Å². The Hall–Kier alpha value is -1.43. The van der Waals surface area contributed by atoms with E-state index in [0.717, 1.165) is 31.7 Å². The minimum absolute atomic E-state index is 0.256. The lowest BCUT2D eigenvalue weighted by Gasteiger charge is -2.16. The summed E-state index contributed by atoms with van der Waals surface area (Å²) in [6, 6.07) is 5.57. The number of rotatable bonds is 2. The topological polar surface area (TPSA) is 23.8 Å². The highest BCUT2D eigenvalue weighted by Gasteiger charge is 2.26. The van der Waals surface area contributed by atoms with Crippen molar-refractivity contribution in [2.75, 3.05) is 0 Å². The Morgan fingerprint density at radius 3 is 2.19 bits per heavy atom. The van der Waals surface area contributed by atoms with E-state index in [4.69, 9.17) is 5.26 Å². The van der Waals surface area contributed by atoms with Crippen LogP contribution in [-0.4, -0.2) is 0 Å². The summed E-state index contributed by atoms with van der Waals surface area (Å²) in [6.07, 6.45) is 4.19. The second kappa shape index (κ2) is 4.61. The van der Waals surface area contributed by atoms with Gasteiger partial charge in [0.05, 0.1) is 12.0 Å². The molecule has 1 nitrogen and oxygen atoms in total. The van der Waals surface area contributed by atoms with E-state index in [-0.39, 0.29) is 11.8 Å². The molecule has 0 amide bonds. The first-order valence-corrected chi connectivity index (χ1v) is 5.56. The van der Waals surface area contributed by atoms with Gasteiger partial charge in [-0.15, -0.1) is 0 Å². The number of nitriles is 1. The molecule has 0 aromatic heterocycles. The number of nitrogens with zero attached hydrogens (tertiary/aromatic N) is 1. The van der Waals surface area contributed by atoms with Crippen molar-refractivity contribution in [3.8, 4) is 6.07 Å². The molecule has 0 bridgehead atoms. The molecule has 0 N–H and O–H groups in total. The minimum atomic E-state index is -0.603. The van der Waals surface area contributed by atoms with Crippen LogP contribution in [-0.2, 0) is 0 Å². The van der Waals surface area contributed by atoms with Crippen LogP contribution in [0.2, 0.25) is 0 Å². The maximum Gasteiger partial charge on any atom is 0.126 e. The predicted molar refractivity (Wildman–Crippen MR) is 56.7 cm³/mol. The van der Waals surface area contributed by atoms with Crippen molar-refractivity contribution < 1.29 is 8.78 Å². The Morgan fingerprint density at radius 2 is 1.69 bits per heavy atom. The molecule has 1 aliphatic rings. The molecule has 0 saturated heterocycles. The van der Waals surface area contributed by atoms with E-state index in [1.807, 2.05) is 0 Å². The van der Waals surface area contributed by atoms with Gasteiger partial charge in [-0.05, 0) is 36.5 Å². The fraction of sp³-hybridized carbons (Fsp3) is 0.462. The summed E-state index contributed by atoms with van der Waals surface area (Å²) in [6.45, 7) is 0. The third-order valence-electron chi connectivity index (χ3n) is 3.25. The second-order valence-electron chi connectivity index (χ2n) is 4.35. The van der Waals surface area contributed by atoms with Gasteiger partial charge in [0.1, 0.15) is 11.6 Å². The van der Waals surface area contributed by atoms with Crippen LogP contribution < -0.4 is 0 Å². The third-order valence-corrected chi connectivity index (χ3v) is 3.25. The summed E-state index contributed by atoms with van der Waals surface area (Å²) in [5.41, 5.74) is 0.479. The second-order valence-corrected chi connectivity index (χ2v) is 4.35. The lowest BCUT2D eigenvalue weighted by molar-refractivity contribution is 0.494. The summed E-state index contributed by atoms with van der Waals surface area (Å²) in [4.78, 5) is 0. The monoisotopic (exact) mass is 221 g/mol. The lowest BCUT2D eigenvalue weighted by atomic mass is 9.86. The van der Waals surface area contributed by atoms with Crippen LogP contribution in [0.25, 0.3) is 0 Å². The van der Waals surface area contributed by atoms with Crippen molar-refractivity contribution >= 4 is 0 Å². The first-order chi connectivity index (χ1) is 7.70. The average Bonchev–Trinajstić information content (AvgIpc) is 2.70. The normalized spacial score (nSPS) is 18.3. The standard InChI is InChI=1S/C13H13F2N/c14-11-5-10(6-12(15)7-11)13(8-16)9-3-1-2-4-9/h5-7,9,13H,1-4H2. The quantitative estimate of drug-likeness (QED) is 0.745. The van der Waals surface area contributed by atoms with E-state index in [9.17, 15) is 8.78 Å². The minimum Gasteiger partial charge on any atom is -0.207 e. The van der Waals surface area contributed by atoms with Crippen LogP contribution in [0.5, 0.6) is 0 Å². The highest BCUT2D eigenvalue weighted by Crippen LogP contribution is 2.37. The largest absolute Gasteiger partial charge is 0.207 e. The number of benzene rings is 1. The van der Waals surface area contributed by atoms with E-state index in [1.54, 1.807) is 0 Å². The summed E-state index contributed by atoms with van der Waals surface area (Å²) >= 11 is 0. The summed E-state index contributed by atoms with van der Waals surface area (Å²) in [5, 5.41) is 9.13. The molecule has 0 radical (unpaired) electrons. The van der Waals surface area contributed by atoms with Crippen molar-refractivity contribution in [3.05, 3.63) is 35.4 Å². The average molecular weight is 221 g/mol. The van der Waals surface area contributed by atoms with Gasteiger partial charge >= 0.3 is 0 Å². The predicted octanol–water partition coefficient (Wildman–Crippen LogP) is 3.76. The number of halogens is 2. The summed E-state index contributed by atoms with van der Waals surface area (Å²) < 4.78 is 26.1. The number of hydrogen-bond donors (Lipinski definition) is 0. The molecule has 1 aromatic rings. The van der Waals surface area contributed by atoms with Gasteiger partial charge in [0.15, 0.2) is 0 Å². The maximum atomic E-state index is 13.1. The molecule has 2 rings (SSSR count). The van der Waals surface area contributed by atoms with Crippen LogP contribution in [0, 0.1) is 28.9 Å². The molecular formula is C13H13F2N. The van der Waals surface area contributed by atoms with Crippen molar-refractivity contribution in [1.82, 2.24) is 0 Å². The van der Waals surface area contributed by atoms with E-state index in [1.165, 1.54) is 12.1 Å². The van der Waals surface area contributed by atoms with Crippen molar-refractivity contribution in [3.63, 3.8) is 0 Å². The highest BCUT2D eigenvalue weighted by molar-refractivity contribution is 5.27. The molecule has 0 spiro atoms. The Labute approximate surface area is 93.7 Å². The highest BCUT2D eigenvalue weighted by atomic mass is 19.1. The Morgan fingerprint density at radius 1 is 1.12 bits per heavy atom. The molecule has 0 heterocycles. The fourth-order valence-electron chi connectivity index (χ4n) is 2.50. The van der Waals surface area contributed by atoms with Crippen LogP contribution in [0.1, 0.15) is 37.2 Å². The van der Waals surface area contributed by atoms with Gasteiger partial charge in [0, 0.05) is 6.07 Å². The van der Waals surface area contributed by atoms with Crippen LogP contribution in [0.4, 0.5) is 8.78 Å². The van der Waals surface area contributed by atoms with Gasteiger partial charge < -0.3 is 0 Å². The van der Waals surface area contributed by atoms with E-state index in [2.05, 4.69) is 6.07 Å². The molecule has 1 fully saturated rings. The van der Waals surface area contributed by atoms with Crippen molar-refractivity contribution in [2.45, 2.75) is 31.6 Å². The Bertz CT molecular complexity index is 396. The zero-order valence-corrected chi connectivity index (χ0v) is 8.92. The molecule has 1 aromatic carbocycles. The molecule has 1 saturated carbocycles. The van der Waals surface area contributed by atoms with E-state index >= 15 is 0 Å². The summed E-state index contributed by atoms with van der Waals surface area (Å²) in [5.74, 6) is -1.32. The van der Waals surface area contributed by atoms with Gasteiger partial charge in [-0.25, -0.2) is 8.78 Å². The number of hydrogen-bond acceptors (Lipinski definition) is 1. The first kappa shape index (κ1) is 11.1. The van der Waals surface area contributed by atoms with Gasteiger partial charge in [0.25, 0.3) is 0 Å².